The highest BCUT2D eigenvalue weighted by Crippen LogP contribution is 2.12. The number of hydrogen-bond donors (Lipinski definition) is 0. The highest BCUT2D eigenvalue weighted by Gasteiger charge is 2.08. The minimum Gasteiger partial charge on any atom is -0.493 e. The van der Waals surface area contributed by atoms with Gasteiger partial charge in [0, 0.05) is 12.0 Å². The number of benzene rings is 2. The summed E-state index contributed by atoms with van der Waals surface area (Å²) in [5.41, 5.74) is 1.14. The van der Waals surface area contributed by atoms with E-state index in [9.17, 15) is 9.18 Å². The Morgan fingerprint density at radius 2 is 1.89 bits per heavy atom. The van der Waals surface area contributed by atoms with Crippen LogP contribution in [0.15, 0.2) is 48.5 Å². The molecule has 0 atom stereocenters. The lowest BCUT2D eigenvalue weighted by atomic mass is 10.1. The fourth-order valence-corrected chi connectivity index (χ4v) is 1.82. The topological polar surface area (TPSA) is 26.3 Å². The fraction of sp³-hybridized carbons (Fsp3) is 0.188. The van der Waals surface area contributed by atoms with E-state index in [4.69, 9.17) is 4.74 Å². The number of Topliss-reactive ketones (excluding diaryl/α,β-unsaturated/α-hetero) is 1. The molecule has 2 aromatic carbocycles. The lowest BCUT2D eigenvalue weighted by Gasteiger charge is -2.06. The molecule has 0 spiro atoms. The zero-order chi connectivity index (χ0) is 13.7. The van der Waals surface area contributed by atoms with Crippen molar-refractivity contribution in [2.45, 2.75) is 13.3 Å². The summed E-state index contributed by atoms with van der Waals surface area (Å²) < 4.78 is 18.6. The zero-order valence-electron chi connectivity index (χ0n) is 10.7. The third-order valence-electron chi connectivity index (χ3n) is 2.71. The van der Waals surface area contributed by atoms with E-state index >= 15 is 0 Å². The number of para-hydroxylation sites is 1. The molecule has 98 valence electrons. The van der Waals surface area contributed by atoms with Gasteiger partial charge in [0.25, 0.3) is 0 Å². The molecule has 0 aromatic heterocycles. The molecule has 0 unspecified atom stereocenters. The van der Waals surface area contributed by atoms with Gasteiger partial charge >= 0.3 is 0 Å². The standard InChI is InChI=1S/C16H15FO2/c1-12-9-13(11-14(17)10-12)16(18)7-8-19-15-5-3-2-4-6-15/h2-6,9-11H,7-8H2,1H3. The van der Waals surface area contributed by atoms with Crippen LogP contribution in [0.4, 0.5) is 4.39 Å². The summed E-state index contributed by atoms with van der Waals surface area (Å²) in [7, 11) is 0. The van der Waals surface area contributed by atoms with E-state index in [1.807, 2.05) is 30.3 Å². The van der Waals surface area contributed by atoms with Crippen LogP contribution >= 0.6 is 0 Å². The predicted molar refractivity (Wildman–Crippen MR) is 72.0 cm³/mol. The molecule has 0 amide bonds. The number of carbonyl (C=O) groups excluding carboxylic acids is 1. The lowest BCUT2D eigenvalue weighted by Crippen LogP contribution is -2.07. The molecule has 0 aliphatic heterocycles. The van der Waals surface area contributed by atoms with Crippen LogP contribution in [-0.4, -0.2) is 12.4 Å². The number of rotatable bonds is 5. The van der Waals surface area contributed by atoms with E-state index in [0.29, 0.717) is 12.2 Å². The largest absolute Gasteiger partial charge is 0.493 e. The molecule has 2 nitrogen and oxygen atoms in total. The summed E-state index contributed by atoms with van der Waals surface area (Å²) in [6.07, 6.45) is 0.234. The van der Waals surface area contributed by atoms with Gasteiger partial charge in [-0.25, -0.2) is 4.39 Å². The molecule has 0 fully saturated rings. The molecular weight excluding hydrogens is 243 g/mol. The number of hydrogen-bond acceptors (Lipinski definition) is 2. The van der Waals surface area contributed by atoms with Gasteiger partial charge in [0.15, 0.2) is 5.78 Å². The Bertz CT molecular complexity index is 544. The summed E-state index contributed by atoms with van der Waals surface area (Å²) in [5.74, 6) is 0.233. The third-order valence-corrected chi connectivity index (χ3v) is 2.71. The van der Waals surface area contributed by atoms with Crippen LogP contribution in [0.2, 0.25) is 0 Å². The van der Waals surface area contributed by atoms with Gasteiger partial charge in [-0.3, -0.25) is 4.79 Å². The van der Waals surface area contributed by atoms with E-state index in [-0.39, 0.29) is 18.0 Å². The van der Waals surface area contributed by atoms with Crippen molar-refractivity contribution in [3.63, 3.8) is 0 Å². The summed E-state index contributed by atoms with van der Waals surface area (Å²) in [6, 6.07) is 13.6. The third kappa shape index (κ3) is 3.91. The average Bonchev–Trinajstić information content (AvgIpc) is 2.38. The Morgan fingerprint density at radius 3 is 2.58 bits per heavy atom. The van der Waals surface area contributed by atoms with Crippen LogP contribution in [0.3, 0.4) is 0 Å². The number of halogens is 1. The van der Waals surface area contributed by atoms with Crippen LogP contribution in [0.1, 0.15) is 22.3 Å². The van der Waals surface area contributed by atoms with Gasteiger partial charge in [-0.2, -0.15) is 0 Å². The predicted octanol–water partition coefficient (Wildman–Crippen LogP) is 3.79. The zero-order valence-corrected chi connectivity index (χ0v) is 10.7. The lowest BCUT2D eigenvalue weighted by molar-refractivity contribution is 0.0961. The number of ether oxygens (including phenoxy) is 1. The Balaban J connectivity index is 1.91. The van der Waals surface area contributed by atoms with E-state index in [2.05, 4.69) is 0 Å². The highest BCUT2D eigenvalue weighted by molar-refractivity contribution is 5.96. The summed E-state index contributed by atoms with van der Waals surface area (Å²) in [5, 5.41) is 0. The number of ketones is 1. The smallest absolute Gasteiger partial charge is 0.166 e. The molecule has 0 bridgehead atoms. The minimum absolute atomic E-state index is 0.112. The molecule has 19 heavy (non-hydrogen) atoms. The van der Waals surface area contributed by atoms with E-state index < -0.39 is 0 Å². The van der Waals surface area contributed by atoms with Crippen LogP contribution in [0.5, 0.6) is 5.75 Å². The van der Waals surface area contributed by atoms with E-state index in [0.717, 1.165) is 11.3 Å². The summed E-state index contributed by atoms with van der Waals surface area (Å²) in [6.45, 7) is 2.05. The first kappa shape index (κ1) is 13.3. The number of aryl methyl sites for hydroxylation is 1. The molecule has 0 radical (unpaired) electrons. The maximum atomic E-state index is 13.2. The number of carbonyl (C=O) groups is 1. The van der Waals surface area contributed by atoms with Crippen LogP contribution in [0.25, 0.3) is 0 Å². The van der Waals surface area contributed by atoms with Crippen molar-refractivity contribution < 1.29 is 13.9 Å². The Morgan fingerprint density at radius 1 is 1.16 bits per heavy atom. The van der Waals surface area contributed by atoms with Crippen molar-refractivity contribution >= 4 is 5.78 Å². The summed E-state index contributed by atoms with van der Waals surface area (Å²) in [4.78, 5) is 11.9. The van der Waals surface area contributed by atoms with Gasteiger partial charge < -0.3 is 4.74 Å². The Hall–Kier alpha value is -2.16. The molecule has 2 aromatic rings. The quantitative estimate of drug-likeness (QED) is 0.763. The first-order valence-electron chi connectivity index (χ1n) is 6.13. The highest BCUT2D eigenvalue weighted by atomic mass is 19.1. The molecule has 0 saturated carbocycles. The minimum atomic E-state index is -0.382. The van der Waals surface area contributed by atoms with Gasteiger partial charge in [0.05, 0.1) is 6.61 Å². The van der Waals surface area contributed by atoms with Gasteiger partial charge in [-0.05, 0) is 42.8 Å². The molecule has 0 saturated heterocycles. The normalized spacial score (nSPS) is 10.2. The molecule has 0 aliphatic rings. The summed E-state index contributed by atoms with van der Waals surface area (Å²) >= 11 is 0. The van der Waals surface area contributed by atoms with Crippen molar-refractivity contribution in [2.24, 2.45) is 0 Å². The molecular formula is C16H15FO2. The van der Waals surface area contributed by atoms with Crippen molar-refractivity contribution in [1.82, 2.24) is 0 Å². The van der Waals surface area contributed by atoms with E-state index in [1.54, 1.807) is 13.0 Å². The van der Waals surface area contributed by atoms with E-state index in [1.165, 1.54) is 12.1 Å². The fourth-order valence-electron chi connectivity index (χ4n) is 1.82. The van der Waals surface area contributed by atoms with Gasteiger partial charge in [-0.15, -0.1) is 0 Å². The maximum absolute atomic E-state index is 13.2. The van der Waals surface area contributed by atoms with Crippen molar-refractivity contribution in [2.75, 3.05) is 6.61 Å². The molecule has 0 heterocycles. The Kier molecular flexibility index (Phi) is 4.29. The average molecular weight is 258 g/mol. The van der Waals surface area contributed by atoms with Crippen molar-refractivity contribution in [3.05, 3.63) is 65.5 Å². The molecule has 0 aliphatic carbocycles. The van der Waals surface area contributed by atoms with Crippen LogP contribution in [-0.2, 0) is 0 Å². The first-order valence-corrected chi connectivity index (χ1v) is 6.13. The maximum Gasteiger partial charge on any atom is 0.166 e. The van der Waals surface area contributed by atoms with Gasteiger partial charge in [0.1, 0.15) is 11.6 Å². The van der Waals surface area contributed by atoms with Gasteiger partial charge in [-0.1, -0.05) is 18.2 Å². The van der Waals surface area contributed by atoms with Gasteiger partial charge in [0.2, 0.25) is 0 Å². The first-order chi connectivity index (χ1) is 9.15. The monoisotopic (exact) mass is 258 g/mol. The molecule has 3 heteroatoms. The van der Waals surface area contributed by atoms with Crippen molar-refractivity contribution in [3.8, 4) is 5.75 Å². The van der Waals surface area contributed by atoms with Crippen LogP contribution in [0, 0.1) is 12.7 Å². The molecule has 0 N–H and O–H groups in total. The Labute approximate surface area is 111 Å². The second-order valence-corrected chi connectivity index (χ2v) is 4.35. The second kappa shape index (κ2) is 6.14. The van der Waals surface area contributed by atoms with Crippen LogP contribution < -0.4 is 4.74 Å². The second-order valence-electron chi connectivity index (χ2n) is 4.35. The molecule has 2 rings (SSSR count). The van der Waals surface area contributed by atoms with Crippen molar-refractivity contribution in [1.29, 1.82) is 0 Å². The SMILES string of the molecule is Cc1cc(F)cc(C(=O)CCOc2ccccc2)c1.